The van der Waals surface area contributed by atoms with E-state index >= 15 is 0 Å². The second-order valence-corrected chi connectivity index (χ2v) is 7.08. The maximum absolute atomic E-state index is 13.3. The summed E-state index contributed by atoms with van der Waals surface area (Å²) in [6.45, 7) is 1.15. The first-order valence-electron chi connectivity index (χ1n) is 9.57. The predicted molar refractivity (Wildman–Crippen MR) is 110 cm³/mol. The minimum absolute atomic E-state index is 0.0366. The highest BCUT2D eigenvalue weighted by Gasteiger charge is 2.32. The minimum Gasteiger partial charge on any atom is -0.496 e. The molecule has 0 fully saturated rings. The first-order valence-corrected chi connectivity index (χ1v) is 9.57. The fourth-order valence-corrected chi connectivity index (χ4v) is 3.95. The molecule has 1 aliphatic heterocycles. The van der Waals surface area contributed by atoms with Gasteiger partial charge in [-0.15, -0.1) is 0 Å². The Hall–Kier alpha value is -3.67. The third-order valence-electron chi connectivity index (χ3n) is 5.38. The Morgan fingerprint density at radius 3 is 2.76 bits per heavy atom. The van der Waals surface area contributed by atoms with E-state index in [1.165, 1.54) is 0 Å². The third kappa shape index (κ3) is 3.02. The summed E-state index contributed by atoms with van der Waals surface area (Å²) >= 11 is 0. The molecule has 0 bridgehead atoms. The van der Waals surface area contributed by atoms with Crippen molar-refractivity contribution in [1.29, 1.82) is 0 Å². The summed E-state index contributed by atoms with van der Waals surface area (Å²) in [5.41, 5.74) is 5.46. The second-order valence-electron chi connectivity index (χ2n) is 7.08. The molecular formula is C23H20N4O2. The molecule has 5 rings (SSSR count). The van der Waals surface area contributed by atoms with Crippen LogP contribution >= 0.6 is 0 Å². The molecule has 6 heteroatoms. The van der Waals surface area contributed by atoms with Crippen LogP contribution in [0.5, 0.6) is 5.75 Å². The monoisotopic (exact) mass is 384 g/mol. The summed E-state index contributed by atoms with van der Waals surface area (Å²) in [7, 11) is 1.64. The number of nitrogens with zero attached hydrogens (tertiary/aromatic N) is 4. The van der Waals surface area contributed by atoms with Crippen LogP contribution in [0.2, 0.25) is 0 Å². The van der Waals surface area contributed by atoms with Gasteiger partial charge in [0.1, 0.15) is 11.4 Å². The van der Waals surface area contributed by atoms with Crippen LogP contribution in [-0.4, -0.2) is 38.8 Å². The van der Waals surface area contributed by atoms with Gasteiger partial charge in [-0.3, -0.25) is 9.78 Å². The molecule has 0 saturated carbocycles. The minimum atomic E-state index is 0.0366. The van der Waals surface area contributed by atoms with Gasteiger partial charge in [-0.05, 0) is 47.5 Å². The van der Waals surface area contributed by atoms with Crippen LogP contribution in [-0.2, 0) is 13.0 Å². The fraction of sp³-hybridized carbons (Fsp3) is 0.174. The first-order chi connectivity index (χ1) is 14.2. The molecule has 0 saturated heterocycles. The smallest absolute Gasteiger partial charge is 0.255 e. The zero-order chi connectivity index (χ0) is 19.8. The molecule has 6 nitrogen and oxygen atoms in total. The molecule has 0 N–H and O–H groups in total. The lowest BCUT2D eigenvalue weighted by Crippen LogP contribution is -2.26. The molecule has 1 aromatic carbocycles. The van der Waals surface area contributed by atoms with E-state index in [-0.39, 0.29) is 5.91 Å². The number of imidazole rings is 1. The number of carbonyl (C=O) groups is 1. The Morgan fingerprint density at radius 1 is 1.10 bits per heavy atom. The van der Waals surface area contributed by atoms with Gasteiger partial charge in [-0.1, -0.05) is 6.07 Å². The average Bonchev–Trinajstić information content (AvgIpc) is 3.33. The molecule has 0 spiro atoms. The molecule has 144 valence electrons. The van der Waals surface area contributed by atoms with Crippen molar-refractivity contribution in [1.82, 2.24) is 19.3 Å². The van der Waals surface area contributed by atoms with Crippen LogP contribution in [0.3, 0.4) is 0 Å². The number of methoxy groups -OCH3 is 1. The molecule has 4 aromatic rings. The largest absolute Gasteiger partial charge is 0.496 e. The predicted octanol–water partition coefficient (Wildman–Crippen LogP) is 3.60. The standard InChI is InChI=1S/C23H20N4O2/c1-29-20-6-5-18(16-7-10-24-11-8-16)22-19(20)15-27(23(22)28)13-9-17-14-26-12-3-2-4-21(26)25-17/h2-8,10-12,14H,9,13,15H2,1H3. The van der Waals surface area contributed by atoms with Crippen LogP contribution in [0, 0.1) is 0 Å². The topological polar surface area (TPSA) is 59.7 Å². The number of benzene rings is 1. The normalized spacial score (nSPS) is 13.1. The molecule has 29 heavy (non-hydrogen) atoms. The molecule has 0 atom stereocenters. The molecular weight excluding hydrogens is 364 g/mol. The number of carbonyl (C=O) groups excluding carboxylic acids is 1. The van der Waals surface area contributed by atoms with Crippen molar-refractivity contribution in [2.45, 2.75) is 13.0 Å². The molecule has 4 heterocycles. The van der Waals surface area contributed by atoms with E-state index in [0.717, 1.165) is 39.3 Å². The average molecular weight is 384 g/mol. The number of ether oxygens (including phenoxy) is 1. The fourth-order valence-electron chi connectivity index (χ4n) is 3.95. The molecule has 1 amide bonds. The number of hydrogen-bond acceptors (Lipinski definition) is 4. The van der Waals surface area contributed by atoms with Crippen molar-refractivity contribution in [2.75, 3.05) is 13.7 Å². The summed E-state index contributed by atoms with van der Waals surface area (Å²) in [6, 6.07) is 13.7. The van der Waals surface area contributed by atoms with Crippen molar-refractivity contribution < 1.29 is 9.53 Å². The number of rotatable bonds is 5. The first kappa shape index (κ1) is 17.4. The van der Waals surface area contributed by atoms with Crippen LogP contribution in [0.4, 0.5) is 0 Å². The van der Waals surface area contributed by atoms with Gasteiger partial charge in [0.05, 0.1) is 24.9 Å². The number of pyridine rings is 2. The lowest BCUT2D eigenvalue weighted by molar-refractivity contribution is 0.0780. The number of fused-ring (bicyclic) bond motifs is 2. The van der Waals surface area contributed by atoms with E-state index in [4.69, 9.17) is 4.74 Å². The number of aromatic nitrogens is 3. The highest BCUT2D eigenvalue weighted by molar-refractivity contribution is 6.05. The van der Waals surface area contributed by atoms with E-state index in [9.17, 15) is 4.79 Å². The van der Waals surface area contributed by atoms with Gasteiger partial charge in [-0.2, -0.15) is 0 Å². The Bertz CT molecular complexity index is 1170. The van der Waals surface area contributed by atoms with Crippen LogP contribution in [0.1, 0.15) is 21.6 Å². The highest BCUT2D eigenvalue weighted by atomic mass is 16.5. The van der Waals surface area contributed by atoms with Gasteiger partial charge >= 0.3 is 0 Å². The Kier molecular flexibility index (Phi) is 4.24. The van der Waals surface area contributed by atoms with Crippen LogP contribution < -0.4 is 4.74 Å². The van der Waals surface area contributed by atoms with Crippen molar-refractivity contribution >= 4 is 11.6 Å². The van der Waals surface area contributed by atoms with E-state index in [0.29, 0.717) is 19.5 Å². The number of amides is 1. The second kappa shape index (κ2) is 7.05. The van der Waals surface area contributed by atoms with E-state index < -0.39 is 0 Å². The van der Waals surface area contributed by atoms with Gasteiger partial charge in [0, 0.05) is 43.3 Å². The Labute approximate surface area is 168 Å². The van der Waals surface area contributed by atoms with Gasteiger partial charge in [0.2, 0.25) is 0 Å². The summed E-state index contributed by atoms with van der Waals surface area (Å²) < 4.78 is 7.54. The van der Waals surface area contributed by atoms with Gasteiger partial charge in [-0.25, -0.2) is 4.98 Å². The van der Waals surface area contributed by atoms with Crippen molar-refractivity contribution in [3.8, 4) is 16.9 Å². The summed E-state index contributed by atoms with van der Waals surface area (Å²) in [5, 5.41) is 0. The van der Waals surface area contributed by atoms with Gasteiger partial charge < -0.3 is 14.0 Å². The van der Waals surface area contributed by atoms with Crippen molar-refractivity contribution in [2.24, 2.45) is 0 Å². The molecule has 1 aliphatic rings. The molecule has 3 aromatic heterocycles. The van der Waals surface area contributed by atoms with E-state index in [1.807, 2.05) is 64.2 Å². The summed E-state index contributed by atoms with van der Waals surface area (Å²) in [6.07, 6.45) is 8.19. The zero-order valence-corrected chi connectivity index (χ0v) is 16.1. The Balaban J connectivity index is 1.43. The zero-order valence-electron chi connectivity index (χ0n) is 16.1. The SMILES string of the molecule is COc1ccc(-c2ccncc2)c2c1CN(CCc1cn3ccccc3n1)C2=O. The maximum Gasteiger partial charge on any atom is 0.255 e. The quantitative estimate of drug-likeness (QED) is 0.527. The van der Waals surface area contributed by atoms with Gasteiger partial charge in [0.15, 0.2) is 0 Å². The third-order valence-corrected chi connectivity index (χ3v) is 5.38. The summed E-state index contributed by atoms with van der Waals surface area (Å²) in [4.78, 5) is 23.9. The Morgan fingerprint density at radius 2 is 1.97 bits per heavy atom. The lowest BCUT2D eigenvalue weighted by atomic mass is 9.97. The summed E-state index contributed by atoms with van der Waals surface area (Å²) in [5.74, 6) is 0.788. The molecule has 0 radical (unpaired) electrons. The van der Waals surface area contributed by atoms with Crippen LogP contribution in [0.25, 0.3) is 16.8 Å². The van der Waals surface area contributed by atoms with Crippen molar-refractivity contribution in [3.05, 3.63) is 84.1 Å². The highest BCUT2D eigenvalue weighted by Crippen LogP contribution is 2.38. The van der Waals surface area contributed by atoms with Gasteiger partial charge in [0.25, 0.3) is 5.91 Å². The van der Waals surface area contributed by atoms with Crippen molar-refractivity contribution in [3.63, 3.8) is 0 Å². The van der Waals surface area contributed by atoms with E-state index in [1.54, 1.807) is 19.5 Å². The lowest BCUT2D eigenvalue weighted by Gasteiger charge is -2.14. The molecule has 0 aliphatic carbocycles. The molecule has 0 unspecified atom stereocenters. The maximum atomic E-state index is 13.3. The number of hydrogen-bond donors (Lipinski definition) is 0. The van der Waals surface area contributed by atoms with E-state index in [2.05, 4.69) is 9.97 Å². The van der Waals surface area contributed by atoms with Crippen LogP contribution in [0.15, 0.2) is 67.3 Å².